The lowest BCUT2D eigenvalue weighted by Gasteiger charge is -2.34. The minimum absolute atomic E-state index is 0.0583. The number of fused-ring (bicyclic) bond motifs is 1. The van der Waals surface area contributed by atoms with E-state index in [1.807, 2.05) is 23.1 Å². The van der Waals surface area contributed by atoms with Gasteiger partial charge in [-0.25, -0.2) is 0 Å². The van der Waals surface area contributed by atoms with Gasteiger partial charge in [0.15, 0.2) is 11.5 Å². The third kappa shape index (κ3) is 4.28. The van der Waals surface area contributed by atoms with E-state index in [4.69, 9.17) is 25.8 Å². The van der Waals surface area contributed by atoms with Crippen LogP contribution in [0.15, 0.2) is 42.5 Å². The first-order valence-corrected chi connectivity index (χ1v) is 9.36. The summed E-state index contributed by atoms with van der Waals surface area (Å²) in [5.41, 5.74) is 0.680. The highest BCUT2D eigenvalue weighted by Gasteiger charge is 2.22. The van der Waals surface area contributed by atoms with Crippen molar-refractivity contribution < 1.29 is 19.0 Å². The molecule has 2 heterocycles. The molecule has 1 amide bonds. The Balaban J connectivity index is 1.21. The zero-order valence-corrected chi connectivity index (χ0v) is 15.7. The Hall–Kier alpha value is -2.44. The molecule has 27 heavy (non-hydrogen) atoms. The highest BCUT2D eigenvalue weighted by molar-refractivity contribution is 6.30. The van der Waals surface area contributed by atoms with Gasteiger partial charge in [0.2, 0.25) is 6.79 Å². The van der Waals surface area contributed by atoms with Crippen LogP contribution in [0.1, 0.15) is 10.4 Å². The van der Waals surface area contributed by atoms with Crippen LogP contribution < -0.4 is 14.2 Å². The first-order chi connectivity index (χ1) is 13.2. The third-order valence-electron chi connectivity index (χ3n) is 4.77. The van der Waals surface area contributed by atoms with Crippen LogP contribution in [0.25, 0.3) is 0 Å². The molecule has 0 N–H and O–H groups in total. The molecule has 1 saturated heterocycles. The number of piperazine rings is 1. The fourth-order valence-electron chi connectivity index (χ4n) is 3.21. The molecule has 2 aliphatic rings. The van der Waals surface area contributed by atoms with Crippen molar-refractivity contribution in [1.82, 2.24) is 9.80 Å². The fraction of sp³-hybridized carbons (Fsp3) is 0.350. The van der Waals surface area contributed by atoms with Crippen molar-refractivity contribution in [2.24, 2.45) is 0 Å². The number of rotatable bonds is 5. The van der Waals surface area contributed by atoms with Crippen LogP contribution in [-0.2, 0) is 0 Å². The van der Waals surface area contributed by atoms with Crippen LogP contribution in [0.4, 0.5) is 0 Å². The van der Waals surface area contributed by atoms with Crippen molar-refractivity contribution in [3.63, 3.8) is 0 Å². The van der Waals surface area contributed by atoms with E-state index >= 15 is 0 Å². The molecule has 0 aromatic heterocycles. The minimum atomic E-state index is 0.0583. The van der Waals surface area contributed by atoms with Crippen LogP contribution in [0.3, 0.4) is 0 Å². The lowest BCUT2D eigenvalue weighted by atomic mass is 10.2. The van der Waals surface area contributed by atoms with Crippen LogP contribution in [0.2, 0.25) is 5.02 Å². The zero-order chi connectivity index (χ0) is 18.6. The Morgan fingerprint density at radius 1 is 1.00 bits per heavy atom. The van der Waals surface area contributed by atoms with Crippen molar-refractivity contribution in [2.75, 3.05) is 46.1 Å². The fourth-order valence-corrected chi connectivity index (χ4v) is 3.33. The number of halogens is 1. The summed E-state index contributed by atoms with van der Waals surface area (Å²) in [6, 6.07) is 12.6. The standard InChI is InChI=1S/C20H21ClN2O4/c21-16-3-1-15(2-4-16)20(24)23-9-7-22(8-10-23)11-12-25-17-5-6-18-19(13-17)27-14-26-18/h1-6,13H,7-12,14H2. The van der Waals surface area contributed by atoms with Gasteiger partial charge in [0, 0.05) is 49.4 Å². The van der Waals surface area contributed by atoms with E-state index < -0.39 is 0 Å². The van der Waals surface area contributed by atoms with Gasteiger partial charge in [-0.05, 0) is 36.4 Å². The van der Waals surface area contributed by atoms with Gasteiger partial charge in [0.25, 0.3) is 5.91 Å². The number of benzene rings is 2. The maximum atomic E-state index is 12.5. The van der Waals surface area contributed by atoms with Crippen molar-refractivity contribution in [2.45, 2.75) is 0 Å². The minimum Gasteiger partial charge on any atom is -0.492 e. The van der Waals surface area contributed by atoms with Crippen LogP contribution in [0.5, 0.6) is 17.2 Å². The molecular formula is C20H21ClN2O4. The van der Waals surface area contributed by atoms with Gasteiger partial charge in [0.05, 0.1) is 0 Å². The van der Waals surface area contributed by atoms with E-state index in [9.17, 15) is 4.79 Å². The van der Waals surface area contributed by atoms with Crippen LogP contribution in [-0.4, -0.2) is 61.8 Å². The molecule has 2 aromatic rings. The van der Waals surface area contributed by atoms with Gasteiger partial charge in [0.1, 0.15) is 12.4 Å². The van der Waals surface area contributed by atoms with E-state index in [-0.39, 0.29) is 12.7 Å². The molecule has 0 spiro atoms. The number of ether oxygens (including phenoxy) is 3. The van der Waals surface area contributed by atoms with Crippen molar-refractivity contribution in [3.8, 4) is 17.2 Å². The maximum absolute atomic E-state index is 12.5. The first-order valence-electron chi connectivity index (χ1n) is 8.99. The monoisotopic (exact) mass is 388 g/mol. The van der Waals surface area contributed by atoms with Crippen molar-refractivity contribution >= 4 is 17.5 Å². The summed E-state index contributed by atoms with van der Waals surface area (Å²) in [6.45, 7) is 4.77. The number of amides is 1. The van der Waals surface area contributed by atoms with E-state index in [0.717, 1.165) is 36.9 Å². The van der Waals surface area contributed by atoms with Gasteiger partial charge in [-0.2, -0.15) is 0 Å². The smallest absolute Gasteiger partial charge is 0.253 e. The molecule has 0 saturated carbocycles. The lowest BCUT2D eigenvalue weighted by Crippen LogP contribution is -2.49. The Morgan fingerprint density at radius 2 is 1.74 bits per heavy atom. The van der Waals surface area contributed by atoms with E-state index in [2.05, 4.69) is 4.90 Å². The highest BCUT2D eigenvalue weighted by Crippen LogP contribution is 2.35. The molecule has 7 heteroatoms. The van der Waals surface area contributed by atoms with Gasteiger partial charge >= 0.3 is 0 Å². The normalized spacial score (nSPS) is 16.4. The van der Waals surface area contributed by atoms with Gasteiger partial charge in [-0.15, -0.1) is 0 Å². The average Bonchev–Trinajstić information content (AvgIpc) is 3.16. The maximum Gasteiger partial charge on any atom is 0.253 e. The largest absolute Gasteiger partial charge is 0.492 e. The van der Waals surface area contributed by atoms with Crippen LogP contribution >= 0.6 is 11.6 Å². The first kappa shape index (κ1) is 17.9. The molecule has 2 aromatic carbocycles. The Bertz CT molecular complexity index is 804. The Kier molecular flexibility index (Phi) is 5.36. The zero-order valence-electron chi connectivity index (χ0n) is 14.9. The number of carbonyl (C=O) groups is 1. The molecule has 1 fully saturated rings. The molecule has 6 nitrogen and oxygen atoms in total. The quantitative estimate of drug-likeness (QED) is 0.788. The number of hydrogen-bond acceptors (Lipinski definition) is 5. The predicted molar refractivity (Wildman–Crippen MR) is 102 cm³/mol. The predicted octanol–water partition coefficient (Wildman–Crippen LogP) is 2.91. The summed E-state index contributed by atoms with van der Waals surface area (Å²) in [5, 5.41) is 0.638. The summed E-state index contributed by atoms with van der Waals surface area (Å²) >= 11 is 5.89. The molecule has 0 unspecified atom stereocenters. The van der Waals surface area contributed by atoms with Crippen molar-refractivity contribution in [1.29, 1.82) is 0 Å². The molecule has 0 aliphatic carbocycles. The molecule has 4 rings (SSSR count). The van der Waals surface area contributed by atoms with Gasteiger partial charge in [-0.3, -0.25) is 9.69 Å². The second-order valence-corrected chi connectivity index (χ2v) is 6.94. The summed E-state index contributed by atoms with van der Waals surface area (Å²) in [5.74, 6) is 2.31. The molecule has 0 radical (unpaired) electrons. The molecule has 0 atom stereocenters. The average molecular weight is 389 g/mol. The topological polar surface area (TPSA) is 51.2 Å². The second-order valence-electron chi connectivity index (χ2n) is 6.50. The second kappa shape index (κ2) is 8.06. The lowest BCUT2D eigenvalue weighted by molar-refractivity contribution is 0.0620. The number of nitrogens with zero attached hydrogens (tertiary/aromatic N) is 2. The summed E-state index contributed by atoms with van der Waals surface area (Å²) in [4.78, 5) is 16.7. The summed E-state index contributed by atoms with van der Waals surface area (Å²) in [7, 11) is 0. The summed E-state index contributed by atoms with van der Waals surface area (Å²) in [6.07, 6.45) is 0. The SMILES string of the molecule is O=C(c1ccc(Cl)cc1)N1CCN(CCOc2ccc3c(c2)OCO3)CC1. The number of hydrogen-bond donors (Lipinski definition) is 0. The molecule has 2 aliphatic heterocycles. The Labute approximate surface area is 163 Å². The van der Waals surface area contributed by atoms with Crippen LogP contribution in [0, 0.1) is 0 Å². The van der Waals surface area contributed by atoms with Crippen molar-refractivity contribution in [3.05, 3.63) is 53.1 Å². The van der Waals surface area contributed by atoms with Gasteiger partial charge < -0.3 is 19.1 Å². The molecule has 0 bridgehead atoms. The highest BCUT2D eigenvalue weighted by atomic mass is 35.5. The van der Waals surface area contributed by atoms with Gasteiger partial charge in [-0.1, -0.05) is 11.6 Å². The molecule has 142 valence electrons. The van der Waals surface area contributed by atoms with E-state index in [1.165, 1.54) is 0 Å². The van der Waals surface area contributed by atoms with E-state index in [1.54, 1.807) is 24.3 Å². The van der Waals surface area contributed by atoms with E-state index in [0.29, 0.717) is 30.3 Å². The summed E-state index contributed by atoms with van der Waals surface area (Å²) < 4.78 is 16.5. The number of carbonyl (C=O) groups excluding carboxylic acids is 1. The molecular weight excluding hydrogens is 368 g/mol. The third-order valence-corrected chi connectivity index (χ3v) is 5.02. The Morgan fingerprint density at radius 3 is 2.52 bits per heavy atom.